The maximum atomic E-state index is 12.8. The Kier molecular flexibility index (Phi) is 46.7. The summed E-state index contributed by atoms with van der Waals surface area (Å²) in [5.41, 5.74) is 0. The first-order valence-electron chi connectivity index (χ1n) is 24.6. The summed E-state index contributed by atoms with van der Waals surface area (Å²) in [6.45, 7) is 6.16. The average Bonchev–Trinajstić information content (AvgIpc) is 3.29. The molecule has 0 aliphatic rings. The summed E-state index contributed by atoms with van der Waals surface area (Å²) in [6, 6.07) is 0. The molecule has 0 bridgehead atoms. The van der Waals surface area contributed by atoms with Gasteiger partial charge in [0.2, 0.25) is 0 Å². The van der Waals surface area contributed by atoms with Gasteiger partial charge in [-0.05, 0) is 103 Å². The van der Waals surface area contributed by atoms with Gasteiger partial charge in [-0.3, -0.25) is 14.4 Å². The highest BCUT2D eigenvalue weighted by Gasteiger charge is 2.19. The zero-order valence-corrected chi connectivity index (χ0v) is 40.2. The Balaban J connectivity index is 4.61. The van der Waals surface area contributed by atoms with Gasteiger partial charge in [-0.1, -0.05) is 204 Å². The summed E-state index contributed by atoms with van der Waals surface area (Å²) in [5, 5.41) is 0. The van der Waals surface area contributed by atoms with Crippen LogP contribution in [0.3, 0.4) is 0 Å². The van der Waals surface area contributed by atoms with Gasteiger partial charge in [0.25, 0.3) is 0 Å². The first-order chi connectivity index (χ1) is 31.5. The van der Waals surface area contributed by atoms with Crippen LogP contribution >= 0.6 is 0 Å². The fourth-order valence-corrected chi connectivity index (χ4v) is 5.76. The maximum absolute atomic E-state index is 12.8. The second-order valence-electron chi connectivity index (χ2n) is 15.4. The lowest BCUT2D eigenvalue weighted by molar-refractivity contribution is -0.167. The van der Waals surface area contributed by atoms with Gasteiger partial charge in [-0.25, -0.2) is 0 Å². The van der Waals surface area contributed by atoms with E-state index in [4.69, 9.17) is 14.2 Å². The summed E-state index contributed by atoms with van der Waals surface area (Å²) in [7, 11) is 0. The molecule has 64 heavy (non-hydrogen) atoms. The molecule has 0 aromatic heterocycles. The molecule has 0 rings (SSSR count). The van der Waals surface area contributed by atoms with Crippen LogP contribution in [0.5, 0.6) is 0 Å². The number of allylic oxidation sites excluding steroid dienone is 26. The SMILES string of the molecule is CC/C=C\C/C=C\C/C=C\C/C=C\C/C=C\CCCC(=O)OC(COC(=O)CCC/C=C\C/C=C\C/C=C\CC)COC(=O)CCCCCCC\C=C/C=C\C=C/C=C\C=C/CCC. The third-order valence-electron chi connectivity index (χ3n) is 9.36. The first kappa shape index (κ1) is 59.0. The molecule has 1 unspecified atom stereocenters. The molecule has 0 saturated carbocycles. The molecule has 0 aromatic rings. The van der Waals surface area contributed by atoms with Crippen molar-refractivity contribution in [1.29, 1.82) is 0 Å². The second-order valence-corrected chi connectivity index (χ2v) is 15.4. The molecule has 0 fully saturated rings. The molecular formula is C58H86O6. The molecule has 0 aromatic carbocycles. The van der Waals surface area contributed by atoms with Crippen LogP contribution in [0.2, 0.25) is 0 Å². The third-order valence-corrected chi connectivity index (χ3v) is 9.36. The Hall–Kier alpha value is -4.97. The molecule has 1 atom stereocenters. The Bertz CT molecular complexity index is 1520. The molecule has 6 nitrogen and oxygen atoms in total. The van der Waals surface area contributed by atoms with Crippen molar-refractivity contribution in [2.45, 2.75) is 175 Å². The van der Waals surface area contributed by atoms with Crippen molar-refractivity contribution in [2.24, 2.45) is 0 Å². The van der Waals surface area contributed by atoms with Gasteiger partial charge in [0.15, 0.2) is 6.10 Å². The van der Waals surface area contributed by atoms with Crippen molar-refractivity contribution in [1.82, 2.24) is 0 Å². The molecule has 354 valence electrons. The fraction of sp³-hybridized carbons (Fsp3) is 0.500. The summed E-state index contributed by atoms with van der Waals surface area (Å²) in [4.78, 5) is 37.9. The molecule has 0 amide bonds. The Labute approximate surface area is 390 Å². The highest BCUT2D eigenvalue weighted by Crippen LogP contribution is 2.10. The van der Waals surface area contributed by atoms with Crippen molar-refractivity contribution >= 4 is 17.9 Å². The van der Waals surface area contributed by atoms with Gasteiger partial charge in [0.1, 0.15) is 13.2 Å². The van der Waals surface area contributed by atoms with E-state index >= 15 is 0 Å². The standard InChI is InChI=1S/C58H86O6/c1-4-7-10-13-16-19-22-24-26-28-30-31-33-36-39-42-45-48-51-57(60)63-54-55(53-62-56(59)50-47-44-41-38-35-21-18-15-12-9-6-3)64-58(61)52-49-46-43-40-37-34-32-29-27-25-23-20-17-14-11-8-5-2/h8-13,16-22,24-28,30-32,34,38,40-41,43,55H,4-7,14-15,23,29,33,35-37,39,42,44-54H2,1-3H3/b11-8-,12-9-,13-10-,19-16-,20-17-,21-18-,24-22-,27-25-,28-26-,31-30-,34-32-,41-38-,43-40-. The van der Waals surface area contributed by atoms with Crippen LogP contribution in [0.1, 0.15) is 168 Å². The summed E-state index contributed by atoms with van der Waals surface area (Å²) < 4.78 is 16.6. The molecule has 6 heteroatoms. The summed E-state index contributed by atoms with van der Waals surface area (Å²) in [5.74, 6) is -1.09. The minimum atomic E-state index is -0.846. The molecule has 0 aliphatic heterocycles. The largest absolute Gasteiger partial charge is 0.462 e. The smallest absolute Gasteiger partial charge is 0.306 e. The molecule has 0 radical (unpaired) electrons. The molecule has 0 N–H and O–H groups in total. The van der Waals surface area contributed by atoms with Gasteiger partial charge in [0.05, 0.1) is 0 Å². The molecule has 0 saturated heterocycles. The topological polar surface area (TPSA) is 78.9 Å². The fourth-order valence-electron chi connectivity index (χ4n) is 5.76. The number of rotatable bonds is 41. The minimum absolute atomic E-state index is 0.138. The number of hydrogen-bond donors (Lipinski definition) is 0. The van der Waals surface area contributed by atoms with Crippen molar-refractivity contribution in [3.8, 4) is 0 Å². The van der Waals surface area contributed by atoms with Gasteiger partial charge >= 0.3 is 17.9 Å². The van der Waals surface area contributed by atoms with Crippen LogP contribution in [0.4, 0.5) is 0 Å². The minimum Gasteiger partial charge on any atom is -0.462 e. The number of hydrogen-bond acceptors (Lipinski definition) is 6. The highest BCUT2D eigenvalue weighted by atomic mass is 16.6. The Morgan fingerprint density at radius 1 is 0.344 bits per heavy atom. The normalized spacial score (nSPS) is 13.5. The lowest BCUT2D eigenvalue weighted by Crippen LogP contribution is -2.30. The lowest BCUT2D eigenvalue weighted by Gasteiger charge is -2.18. The van der Waals surface area contributed by atoms with E-state index in [1.165, 1.54) is 6.42 Å². The predicted molar refractivity (Wildman–Crippen MR) is 274 cm³/mol. The van der Waals surface area contributed by atoms with E-state index in [2.05, 4.69) is 142 Å². The van der Waals surface area contributed by atoms with E-state index in [-0.39, 0.29) is 38.0 Å². The lowest BCUT2D eigenvalue weighted by atomic mass is 10.1. The maximum Gasteiger partial charge on any atom is 0.306 e. The van der Waals surface area contributed by atoms with Gasteiger partial charge in [-0.15, -0.1) is 0 Å². The van der Waals surface area contributed by atoms with Crippen LogP contribution in [-0.2, 0) is 28.6 Å². The van der Waals surface area contributed by atoms with Crippen LogP contribution in [-0.4, -0.2) is 37.2 Å². The monoisotopic (exact) mass is 879 g/mol. The van der Waals surface area contributed by atoms with E-state index < -0.39 is 12.1 Å². The predicted octanol–water partition coefficient (Wildman–Crippen LogP) is 16.2. The van der Waals surface area contributed by atoms with Crippen molar-refractivity contribution < 1.29 is 28.6 Å². The number of esters is 3. The van der Waals surface area contributed by atoms with Crippen LogP contribution in [0, 0.1) is 0 Å². The van der Waals surface area contributed by atoms with Crippen LogP contribution in [0.25, 0.3) is 0 Å². The first-order valence-corrected chi connectivity index (χ1v) is 24.6. The van der Waals surface area contributed by atoms with Crippen molar-refractivity contribution in [3.05, 3.63) is 158 Å². The number of ether oxygens (including phenoxy) is 3. The van der Waals surface area contributed by atoms with Crippen molar-refractivity contribution in [2.75, 3.05) is 13.2 Å². The number of unbranched alkanes of at least 4 members (excludes halogenated alkanes) is 8. The van der Waals surface area contributed by atoms with Gasteiger partial charge < -0.3 is 14.2 Å². The Morgan fingerprint density at radius 3 is 1.14 bits per heavy atom. The molecule has 0 spiro atoms. The molecule has 0 heterocycles. The Morgan fingerprint density at radius 2 is 0.688 bits per heavy atom. The van der Waals surface area contributed by atoms with Gasteiger partial charge in [-0.2, -0.15) is 0 Å². The van der Waals surface area contributed by atoms with Gasteiger partial charge in [0, 0.05) is 19.3 Å². The van der Waals surface area contributed by atoms with E-state index in [0.29, 0.717) is 19.3 Å². The molecular weight excluding hydrogens is 793 g/mol. The third kappa shape index (κ3) is 48.1. The zero-order chi connectivity index (χ0) is 46.5. The molecule has 0 aliphatic carbocycles. The van der Waals surface area contributed by atoms with Crippen LogP contribution < -0.4 is 0 Å². The number of carbonyl (C=O) groups excluding carboxylic acids is 3. The van der Waals surface area contributed by atoms with E-state index in [9.17, 15) is 14.4 Å². The van der Waals surface area contributed by atoms with E-state index in [1.807, 2.05) is 36.5 Å². The van der Waals surface area contributed by atoms with Crippen LogP contribution in [0.15, 0.2) is 158 Å². The summed E-state index contributed by atoms with van der Waals surface area (Å²) in [6.07, 6.45) is 73.8. The zero-order valence-electron chi connectivity index (χ0n) is 40.2. The van der Waals surface area contributed by atoms with E-state index in [1.54, 1.807) is 0 Å². The second kappa shape index (κ2) is 50.7. The quantitative estimate of drug-likeness (QED) is 0.0200. The summed E-state index contributed by atoms with van der Waals surface area (Å²) >= 11 is 0. The number of carbonyl (C=O) groups is 3. The van der Waals surface area contributed by atoms with E-state index in [0.717, 1.165) is 109 Å². The van der Waals surface area contributed by atoms with Crippen molar-refractivity contribution in [3.63, 3.8) is 0 Å². The highest BCUT2D eigenvalue weighted by molar-refractivity contribution is 5.71. The average molecular weight is 879 g/mol.